The van der Waals surface area contributed by atoms with Gasteiger partial charge in [0, 0.05) is 11.6 Å². The van der Waals surface area contributed by atoms with Gasteiger partial charge in [-0.15, -0.1) is 0 Å². The first kappa shape index (κ1) is 16.2. The van der Waals surface area contributed by atoms with E-state index < -0.39 is 0 Å². The number of likely N-dealkylation sites (N-methyl/N-ethyl adjacent to an activating group) is 1. The average Bonchev–Trinajstić information content (AvgIpc) is 2.42. The monoisotopic (exact) mass is 262 g/mol. The summed E-state index contributed by atoms with van der Waals surface area (Å²) in [6.45, 7) is 15.4. The molecule has 2 nitrogen and oxygen atoms in total. The summed E-state index contributed by atoms with van der Waals surface area (Å²) in [5.74, 6) is 0. The zero-order valence-electron chi connectivity index (χ0n) is 13.5. The Morgan fingerprint density at radius 3 is 2.21 bits per heavy atom. The molecule has 0 bridgehead atoms. The van der Waals surface area contributed by atoms with Crippen LogP contribution in [0.3, 0.4) is 0 Å². The van der Waals surface area contributed by atoms with E-state index in [2.05, 4.69) is 64.6 Å². The molecule has 108 valence electrons. The summed E-state index contributed by atoms with van der Waals surface area (Å²) in [5, 5.41) is 0. The normalized spacial score (nSPS) is 16.4. The lowest BCUT2D eigenvalue weighted by Gasteiger charge is -2.45. The largest absolute Gasteiger partial charge is 0.322 e. The minimum atomic E-state index is 0.0159. The predicted octanol–water partition coefficient (Wildman–Crippen LogP) is 3.81. The summed E-state index contributed by atoms with van der Waals surface area (Å²) in [4.78, 5) is 2.49. The van der Waals surface area contributed by atoms with Crippen molar-refractivity contribution in [1.82, 2.24) is 4.90 Å². The van der Waals surface area contributed by atoms with E-state index in [0.717, 1.165) is 19.5 Å². The molecule has 0 amide bonds. The van der Waals surface area contributed by atoms with Gasteiger partial charge in [-0.05, 0) is 57.0 Å². The van der Waals surface area contributed by atoms with Crippen LogP contribution >= 0.6 is 0 Å². The number of nitrogens with two attached hydrogens (primary N) is 1. The van der Waals surface area contributed by atoms with Gasteiger partial charge in [-0.25, -0.2) is 0 Å². The molecule has 2 unspecified atom stereocenters. The number of aryl methyl sites for hydroxylation is 1. The van der Waals surface area contributed by atoms with Crippen molar-refractivity contribution >= 4 is 0 Å². The standard InChI is InChI=1S/C17H30N2/c1-7-17(6,19(8-2)9-3)16(18)15-12-10-11-13(4)14(15)5/h10-12,16H,7-9,18H2,1-6H3. The molecule has 0 saturated carbocycles. The van der Waals surface area contributed by atoms with E-state index in [4.69, 9.17) is 5.73 Å². The summed E-state index contributed by atoms with van der Waals surface area (Å²) < 4.78 is 0. The van der Waals surface area contributed by atoms with Crippen LogP contribution in [-0.2, 0) is 0 Å². The van der Waals surface area contributed by atoms with Gasteiger partial charge in [0.2, 0.25) is 0 Å². The second-order valence-electron chi connectivity index (χ2n) is 5.65. The number of nitrogens with zero attached hydrogens (tertiary/aromatic N) is 1. The van der Waals surface area contributed by atoms with Crippen molar-refractivity contribution in [2.75, 3.05) is 13.1 Å². The van der Waals surface area contributed by atoms with Crippen LogP contribution in [0, 0.1) is 13.8 Å². The Kier molecular flexibility index (Phi) is 5.57. The second kappa shape index (κ2) is 6.53. The minimum absolute atomic E-state index is 0.0159. The van der Waals surface area contributed by atoms with E-state index in [9.17, 15) is 0 Å². The molecule has 0 saturated heterocycles. The highest BCUT2D eigenvalue weighted by molar-refractivity contribution is 5.36. The first-order chi connectivity index (χ1) is 8.92. The third-order valence-corrected chi connectivity index (χ3v) is 4.85. The van der Waals surface area contributed by atoms with Crippen molar-refractivity contribution < 1.29 is 0 Å². The highest BCUT2D eigenvalue weighted by Crippen LogP contribution is 2.34. The number of rotatable bonds is 6. The second-order valence-corrected chi connectivity index (χ2v) is 5.65. The smallest absolute Gasteiger partial charge is 0.0482 e. The maximum atomic E-state index is 6.66. The lowest BCUT2D eigenvalue weighted by molar-refractivity contribution is 0.0842. The van der Waals surface area contributed by atoms with Crippen molar-refractivity contribution in [3.63, 3.8) is 0 Å². The van der Waals surface area contributed by atoms with E-state index in [0.29, 0.717) is 0 Å². The van der Waals surface area contributed by atoms with Gasteiger partial charge in [-0.2, -0.15) is 0 Å². The van der Waals surface area contributed by atoms with E-state index in [-0.39, 0.29) is 11.6 Å². The molecule has 1 rings (SSSR count). The predicted molar refractivity (Wildman–Crippen MR) is 84.5 cm³/mol. The average molecular weight is 262 g/mol. The zero-order chi connectivity index (χ0) is 14.6. The van der Waals surface area contributed by atoms with Crippen LogP contribution < -0.4 is 5.73 Å². The lowest BCUT2D eigenvalue weighted by atomic mass is 9.81. The lowest BCUT2D eigenvalue weighted by Crippen LogP contribution is -2.53. The van der Waals surface area contributed by atoms with Gasteiger partial charge in [0.25, 0.3) is 0 Å². The molecule has 0 aliphatic carbocycles. The van der Waals surface area contributed by atoms with Crippen LogP contribution in [0.5, 0.6) is 0 Å². The number of hydrogen-bond acceptors (Lipinski definition) is 2. The Hall–Kier alpha value is -0.860. The first-order valence-electron chi connectivity index (χ1n) is 7.49. The SMILES string of the molecule is CCN(CC)C(C)(CC)C(N)c1cccc(C)c1C. The summed E-state index contributed by atoms with van der Waals surface area (Å²) in [6.07, 6.45) is 1.06. The molecule has 2 atom stereocenters. The van der Waals surface area contributed by atoms with Crippen molar-refractivity contribution in [3.8, 4) is 0 Å². The Bertz CT molecular complexity index is 410. The fourth-order valence-electron chi connectivity index (χ4n) is 3.03. The van der Waals surface area contributed by atoms with Crippen LogP contribution in [0.4, 0.5) is 0 Å². The third-order valence-electron chi connectivity index (χ3n) is 4.85. The first-order valence-corrected chi connectivity index (χ1v) is 7.49. The third kappa shape index (κ3) is 3.01. The maximum absolute atomic E-state index is 6.66. The Morgan fingerprint density at radius 1 is 1.16 bits per heavy atom. The fraction of sp³-hybridized carbons (Fsp3) is 0.647. The summed E-state index contributed by atoms with van der Waals surface area (Å²) in [6, 6.07) is 6.52. The van der Waals surface area contributed by atoms with Gasteiger partial charge in [0.15, 0.2) is 0 Å². The van der Waals surface area contributed by atoms with Crippen molar-refractivity contribution in [2.24, 2.45) is 5.73 Å². The molecule has 0 radical (unpaired) electrons. The summed E-state index contributed by atoms with van der Waals surface area (Å²) >= 11 is 0. The summed E-state index contributed by atoms with van der Waals surface area (Å²) in [7, 11) is 0. The molecule has 19 heavy (non-hydrogen) atoms. The van der Waals surface area contributed by atoms with Crippen molar-refractivity contribution in [2.45, 2.75) is 59.5 Å². The van der Waals surface area contributed by atoms with Gasteiger partial charge in [-0.1, -0.05) is 39.0 Å². The van der Waals surface area contributed by atoms with Gasteiger partial charge < -0.3 is 5.73 Å². The molecular weight excluding hydrogens is 232 g/mol. The molecular formula is C17H30N2. The van der Waals surface area contributed by atoms with E-state index in [1.165, 1.54) is 16.7 Å². The molecule has 0 aliphatic heterocycles. The van der Waals surface area contributed by atoms with E-state index >= 15 is 0 Å². The maximum Gasteiger partial charge on any atom is 0.0482 e. The quantitative estimate of drug-likeness (QED) is 0.844. The van der Waals surface area contributed by atoms with Gasteiger partial charge in [-0.3, -0.25) is 4.90 Å². The van der Waals surface area contributed by atoms with E-state index in [1.807, 2.05) is 0 Å². The highest BCUT2D eigenvalue weighted by Gasteiger charge is 2.36. The molecule has 1 aromatic carbocycles. The molecule has 2 N–H and O–H groups in total. The summed E-state index contributed by atoms with van der Waals surface area (Å²) in [5.41, 5.74) is 10.6. The van der Waals surface area contributed by atoms with Crippen molar-refractivity contribution in [3.05, 3.63) is 34.9 Å². The Morgan fingerprint density at radius 2 is 1.74 bits per heavy atom. The van der Waals surface area contributed by atoms with Gasteiger partial charge in [0.05, 0.1) is 0 Å². The molecule has 2 heteroatoms. The van der Waals surface area contributed by atoms with Crippen LogP contribution in [-0.4, -0.2) is 23.5 Å². The zero-order valence-corrected chi connectivity index (χ0v) is 13.5. The Labute approximate surface area is 119 Å². The molecule has 0 fully saturated rings. The Balaban J connectivity index is 3.21. The van der Waals surface area contributed by atoms with Crippen molar-refractivity contribution in [1.29, 1.82) is 0 Å². The minimum Gasteiger partial charge on any atom is -0.322 e. The van der Waals surface area contributed by atoms with Gasteiger partial charge >= 0.3 is 0 Å². The molecule has 0 aliphatic rings. The number of benzene rings is 1. The molecule has 1 aromatic rings. The van der Waals surface area contributed by atoms with Gasteiger partial charge in [0.1, 0.15) is 0 Å². The molecule has 0 aromatic heterocycles. The topological polar surface area (TPSA) is 29.3 Å². The molecule has 0 spiro atoms. The van der Waals surface area contributed by atoms with Crippen LogP contribution in [0.15, 0.2) is 18.2 Å². The highest BCUT2D eigenvalue weighted by atomic mass is 15.2. The van der Waals surface area contributed by atoms with Crippen LogP contribution in [0.1, 0.15) is 56.8 Å². The van der Waals surface area contributed by atoms with Crippen LogP contribution in [0.2, 0.25) is 0 Å². The molecule has 0 heterocycles. The fourth-order valence-corrected chi connectivity index (χ4v) is 3.03. The van der Waals surface area contributed by atoms with Crippen LogP contribution in [0.25, 0.3) is 0 Å². The van der Waals surface area contributed by atoms with E-state index in [1.54, 1.807) is 0 Å². The number of hydrogen-bond donors (Lipinski definition) is 1.